The van der Waals surface area contributed by atoms with Gasteiger partial charge < -0.3 is 16.2 Å². The van der Waals surface area contributed by atoms with Gasteiger partial charge in [-0.15, -0.1) is 0 Å². The van der Waals surface area contributed by atoms with Gasteiger partial charge in [0, 0.05) is 0 Å². The summed E-state index contributed by atoms with van der Waals surface area (Å²) in [6.45, 7) is 0. The van der Waals surface area contributed by atoms with Crippen LogP contribution >= 0.6 is 34.9 Å². The molecule has 0 bridgehead atoms. The Labute approximate surface area is 127 Å². The lowest BCUT2D eigenvalue weighted by Crippen LogP contribution is -2.37. The maximum atomic E-state index is 11.8. The molecule has 0 radical (unpaired) electrons. The van der Waals surface area contributed by atoms with Crippen molar-refractivity contribution in [3.8, 4) is 0 Å². The number of benzene rings is 1. The smallest absolute Gasteiger partial charge is 0.305 e. The van der Waals surface area contributed by atoms with E-state index in [9.17, 15) is 9.59 Å². The Morgan fingerprint density at radius 1 is 1.35 bits per heavy atom. The normalized spacial score (nSPS) is 12.3. The van der Waals surface area contributed by atoms with E-state index in [0.717, 1.165) is 11.7 Å². The maximum absolute atomic E-state index is 11.8. The Bertz CT molecular complexity index is 690. The largest absolute Gasteiger partial charge is 0.481 e. The molecular formula is C10H8Cl2N4O3S. The molecule has 10 heteroatoms. The average molecular weight is 335 g/mol. The summed E-state index contributed by atoms with van der Waals surface area (Å²) < 4.78 is 7.99. The number of halogens is 2. The summed E-state index contributed by atoms with van der Waals surface area (Å²) >= 11 is 12.9. The zero-order valence-corrected chi connectivity index (χ0v) is 12.1. The molecule has 1 heterocycles. The second-order valence-electron chi connectivity index (χ2n) is 3.87. The molecule has 106 valence electrons. The Morgan fingerprint density at radius 3 is 2.65 bits per heavy atom. The number of hydrogen-bond acceptors (Lipinski definition) is 6. The van der Waals surface area contributed by atoms with Crippen LogP contribution in [0.5, 0.6) is 0 Å². The molecule has 20 heavy (non-hydrogen) atoms. The van der Waals surface area contributed by atoms with Crippen LogP contribution in [0, 0.1) is 0 Å². The number of amides is 1. The molecule has 0 aliphatic carbocycles. The van der Waals surface area contributed by atoms with Crippen molar-refractivity contribution in [3.63, 3.8) is 0 Å². The summed E-state index contributed by atoms with van der Waals surface area (Å²) in [5.41, 5.74) is 6.43. The lowest BCUT2D eigenvalue weighted by atomic mass is 10.2. The van der Waals surface area contributed by atoms with Crippen molar-refractivity contribution in [1.82, 2.24) is 8.75 Å². The van der Waals surface area contributed by atoms with Crippen molar-refractivity contribution in [3.05, 3.63) is 16.1 Å². The van der Waals surface area contributed by atoms with Gasteiger partial charge in [-0.25, -0.2) is 0 Å². The molecule has 0 aliphatic heterocycles. The van der Waals surface area contributed by atoms with Crippen LogP contribution in [0.4, 0.5) is 5.69 Å². The number of carboxylic acids is 1. The molecular weight excluding hydrogens is 327 g/mol. The fourth-order valence-electron chi connectivity index (χ4n) is 1.49. The summed E-state index contributed by atoms with van der Waals surface area (Å²) in [4.78, 5) is 22.3. The van der Waals surface area contributed by atoms with Gasteiger partial charge in [-0.3, -0.25) is 9.59 Å². The molecule has 0 fully saturated rings. The molecule has 0 spiro atoms. The molecule has 1 unspecified atom stereocenters. The first-order valence-electron chi connectivity index (χ1n) is 5.28. The highest BCUT2D eigenvalue weighted by Crippen LogP contribution is 2.35. The third-order valence-corrected chi connectivity index (χ3v) is 3.54. The number of aromatic nitrogens is 2. The Morgan fingerprint density at radius 2 is 2.00 bits per heavy atom. The summed E-state index contributed by atoms with van der Waals surface area (Å²) in [6.07, 6.45) is -0.491. The third-order valence-electron chi connectivity index (χ3n) is 2.42. The van der Waals surface area contributed by atoms with Crippen molar-refractivity contribution in [2.45, 2.75) is 12.5 Å². The first-order chi connectivity index (χ1) is 9.40. The third kappa shape index (κ3) is 2.98. The molecule has 2 aromatic rings. The lowest BCUT2D eigenvalue weighted by Gasteiger charge is -2.12. The number of nitrogens with one attached hydrogen (secondary N) is 1. The predicted octanol–water partition coefficient (Wildman–Crippen LogP) is 1.74. The van der Waals surface area contributed by atoms with E-state index < -0.39 is 24.3 Å². The van der Waals surface area contributed by atoms with Crippen LogP contribution in [0.25, 0.3) is 11.0 Å². The van der Waals surface area contributed by atoms with E-state index in [-0.39, 0.29) is 10.7 Å². The highest BCUT2D eigenvalue weighted by molar-refractivity contribution is 7.00. The van der Waals surface area contributed by atoms with Crippen molar-refractivity contribution in [2.24, 2.45) is 5.73 Å². The van der Waals surface area contributed by atoms with Gasteiger partial charge in [0.2, 0.25) is 5.91 Å². The monoisotopic (exact) mass is 334 g/mol. The molecule has 4 N–H and O–H groups in total. The molecule has 1 atom stereocenters. The fourth-order valence-corrected chi connectivity index (χ4v) is 2.65. The van der Waals surface area contributed by atoms with E-state index in [4.69, 9.17) is 34.0 Å². The minimum atomic E-state index is -1.19. The number of hydrogen-bond donors (Lipinski definition) is 3. The van der Waals surface area contributed by atoms with Gasteiger partial charge in [0.15, 0.2) is 0 Å². The maximum Gasteiger partial charge on any atom is 0.305 e. The fraction of sp³-hybridized carbons (Fsp3) is 0.200. The van der Waals surface area contributed by atoms with E-state index in [1.807, 2.05) is 0 Å². The summed E-state index contributed by atoms with van der Waals surface area (Å²) in [6, 6.07) is 0.228. The minimum absolute atomic E-state index is 0.172. The number of aliphatic carboxylic acids is 1. The zero-order valence-electron chi connectivity index (χ0n) is 9.76. The number of nitrogens with two attached hydrogens (primary N) is 1. The summed E-state index contributed by atoms with van der Waals surface area (Å²) in [7, 11) is 0. The first-order valence-corrected chi connectivity index (χ1v) is 6.77. The number of carbonyl (C=O) groups excluding carboxylic acids is 1. The molecule has 0 saturated carbocycles. The Hall–Kier alpha value is -1.48. The second-order valence-corrected chi connectivity index (χ2v) is 5.21. The number of carboxylic acid groups (broad SMARTS) is 1. The molecule has 0 saturated heterocycles. The van der Waals surface area contributed by atoms with E-state index in [1.165, 1.54) is 6.07 Å². The molecule has 1 aromatic carbocycles. The summed E-state index contributed by atoms with van der Waals surface area (Å²) in [5, 5.41) is 11.5. The van der Waals surface area contributed by atoms with Crippen molar-refractivity contribution >= 4 is 63.5 Å². The van der Waals surface area contributed by atoms with Crippen LogP contribution in [0.3, 0.4) is 0 Å². The van der Waals surface area contributed by atoms with E-state index in [1.54, 1.807) is 0 Å². The van der Waals surface area contributed by atoms with Crippen molar-refractivity contribution in [2.75, 3.05) is 5.32 Å². The Kier molecular flexibility index (Phi) is 4.39. The number of carbonyl (C=O) groups is 2. The van der Waals surface area contributed by atoms with Crippen molar-refractivity contribution < 1.29 is 14.7 Å². The molecule has 0 aliphatic rings. The van der Waals surface area contributed by atoms with Gasteiger partial charge in [0.25, 0.3) is 0 Å². The zero-order chi connectivity index (χ0) is 14.9. The highest BCUT2D eigenvalue weighted by Gasteiger charge is 2.21. The SMILES string of the molecule is NC(CC(=O)O)C(=O)Nc1c(Cl)cc(Cl)c2nsnc12. The average Bonchev–Trinajstić information content (AvgIpc) is 2.82. The number of nitrogens with zero attached hydrogens (tertiary/aromatic N) is 2. The van der Waals surface area contributed by atoms with Gasteiger partial charge in [0.1, 0.15) is 11.0 Å². The van der Waals surface area contributed by atoms with Crippen LogP contribution < -0.4 is 11.1 Å². The van der Waals surface area contributed by atoms with Gasteiger partial charge in [0.05, 0.1) is 39.9 Å². The second kappa shape index (κ2) is 5.88. The highest BCUT2D eigenvalue weighted by atomic mass is 35.5. The van der Waals surface area contributed by atoms with Crippen molar-refractivity contribution in [1.29, 1.82) is 0 Å². The van der Waals surface area contributed by atoms with Gasteiger partial charge in [-0.05, 0) is 6.07 Å². The summed E-state index contributed by atoms with van der Waals surface area (Å²) in [5.74, 6) is -1.85. The van der Waals surface area contributed by atoms with Crippen LogP contribution in [0.2, 0.25) is 10.0 Å². The van der Waals surface area contributed by atoms with Crippen LogP contribution in [0.1, 0.15) is 6.42 Å². The molecule has 7 nitrogen and oxygen atoms in total. The topological polar surface area (TPSA) is 118 Å². The number of fused-ring (bicyclic) bond motifs is 1. The molecule has 2 rings (SSSR count). The quantitative estimate of drug-likeness (QED) is 0.783. The van der Waals surface area contributed by atoms with E-state index >= 15 is 0 Å². The van der Waals surface area contributed by atoms with Crippen LogP contribution in [-0.2, 0) is 9.59 Å². The van der Waals surface area contributed by atoms with Gasteiger partial charge >= 0.3 is 5.97 Å². The molecule has 1 aromatic heterocycles. The predicted molar refractivity (Wildman–Crippen MR) is 76.3 cm³/mol. The standard InChI is InChI=1S/C10H8Cl2N4O3S/c11-3-1-4(12)8-9(16-20-15-8)7(3)14-10(19)5(13)2-6(17)18/h1,5H,2,13H2,(H,14,19)(H,17,18). The first kappa shape index (κ1) is 14.9. The minimum Gasteiger partial charge on any atom is -0.481 e. The number of anilines is 1. The van der Waals surface area contributed by atoms with E-state index in [0.29, 0.717) is 16.1 Å². The lowest BCUT2D eigenvalue weighted by molar-refractivity contribution is -0.138. The molecule has 1 amide bonds. The van der Waals surface area contributed by atoms with Gasteiger partial charge in [-0.2, -0.15) is 8.75 Å². The van der Waals surface area contributed by atoms with Gasteiger partial charge in [-0.1, -0.05) is 23.2 Å². The number of rotatable bonds is 4. The van der Waals surface area contributed by atoms with E-state index in [2.05, 4.69) is 14.1 Å². The van der Waals surface area contributed by atoms with Crippen LogP contribution in [-0.4, -0.2) is 31.8 Å². The Balaban J connectivity index is 2.32. The van der Waals surface area contributed by atoms with Crippen LogP contribution in [0.15, 0.2) is 6.07 Å².